The molecule has 3 amide bonds. The minimum atomic E-state index is -1.19. The molecular weight excluding hydrogens is 370 g/mol. The number of carbonyl (C=O) groups excluding carboxylic acids is 3. The second-order valence-electron chi connectivity index (χ2n) is 5.07. The second-order valence-corrected chi connectivity index (χ2v) is 6.91. The summed E-state index contributed by atoms with van der Waals surface area (Å²) in [5.41, 5.74) is 5.59. The monoisotopic (exact) mass is 385 g/mol. The van der Waals surface area contributed by atoms with E-state index in [1.54, 1.807) is 19.1 Å². The summed E-state index contributed by atoms with van der Waals surface area (Å²) in [4.78, 5) is 36.3. The molecule has 1 aromatic carbocycles. The van der Waals surface area contributed by atoms with Gasteiger partial charge >= 0.3 is 0 Å². The minimum absolute atomic E-state index is 0.160. The number of amides is 3. The lowest BCUT2D eigenvalue weighted by molar-refractivity contribution is -0.127. The van der Waals surface area contributed by atoms with Crippen LogP contribution in [0.5, 0.6) is 0 Å². The molecule has 8 heteroatoms. The Bertz CT molecular complexity index is 588. The highest BCUT2D eigenvalue weighted by atomic mass is 79.9. The van der Waals surface area contributed by atoms with Gasteiger partial charge in [0, 0.05) is 17.6 Å². The topological polar surface area (TPSA) is 92.5 Å². The Morgan fingerprint density at radius 3 is 2.59 bits per heavy atom. The molecule has 0 aliphatic carbocycles. The Balaban J connectivity index is 1.92. The van der Waals surface area contributed by atoms with Crippen molar-refractivity contribution in [3.05, 3.63) is 34.3 Å². The van der Waals surface area contributed by atoms with Gasteiger partial charge in [-0.25, -0.2) is 0 Å². The average molecular weight is 386 g/mol. The van der Waals surface area contributed by atoms with Crippen LogP contribution in [0.2, 0.25) is 0 Å². The van der Waals surface area contributed by atoms with Gasteiger partial charge in [0.15, 0.2) is 0 Å². The third-order valence-electron chi connectivity index (χ3n) is 3.38. The smallest absolute Gasteiger partial charge is 0.288 e. The Kier molecular flexibility index (Phi) is 5.25. The Labute approximate surface area is 140 Å². The van der Waals surface area contributed by atoms with E-state index in [4.69, 9.17) is 5.73 Å². The van der Waals surface area contributed by atoms with Gasteiger partial charge in [0.25, 0.3) is 5.24 Å². The van der Waals surface area contributed by atoms with Gasteiger partial charge in [0.2, 0.25) is 11.8 Å². The zero-order valence-electron chi connectivity index (χ0n) is 12.0. The molecule has 1 saturated heterocycles. The SMILES string of the molecule is CC(N)(C(=O)NCCN1C(=O)CSC1=O)c1ccc(Br)cc1. The van der Waals surface area contributed by atoms with E-state index in [0.29, 0.717) is 5.56 Å². The highest BCUT2D eigenvalue weighted by Gasteiger charge is 2.32. The molecule has 1 unspecified atom stereocenters. The lowest BCUT2D eigenvalue weighted by Gasteiger charge is -2.24. The summed E-state index contributed by atoms with van der Waals surface area (Å²) >= 11 is 4.30. The van der Waals surface area contributed by atoms with E-state index in [1.165, 1.54) is 0 Å². The lowest BCUT2D eigenvalue weighted by Crippen LogP contribution is -2.50. The summed E-state index contributed by atoms with van der Waals surface area (Å²) in [7, 11) is 0. The Hall–Kier alpha value is -1.38. The highest BCUT2D eigenvalue weighted by Crippen LogP contribution is 2.21. The van der Waals surface area contributed by atoms with E-state index in [9.17, 15) is 14.4 Å². The average Bonchev–Trinajstić information content (AvgIpc) is 2.79. The molecule has 1 atom stereocenters. The van der Waals surface area contributed by atoms with Crippen molar-refractivity contribution in [2.45, 2.75) is 12.5 Å². The van der Waals surface area contributed by atoms with Gasteiger partial charge in [-0.2, -0.15) is 0 Å². The zero-order chi connectivity index (χ0) is 16.3. The number of hydrogen-bond acceptors (Lipinski definition) is 5. The first kappa shape index (κ1) is 17.0. The molecule has 6 nitrogen and oxygen atoms in total. The van der Waals surface area contributed by atoms with Crippen molar-refractivity contribution < 1.29 is 14.4 Å². The van der Waals surface area contributed by atoms with Gasteiger partial charge in [0.1, 0.15) is 5.54 Å². The molecule has 0 aromatic heterocycles. The molecule has 1 heterocycles. The number of thioether (sulfide) groups is 1. The lowest BCUT2D eigenvalue weighted by atomic mass is 9.92. The van der Waals surface area contributed by atoms with Crippen molar-refractivity contribution in [2.24, 2.45) is 5.73 Å². The van der Waals surface area contributed by atoms with Crippen molar-refractivity contribution in [2.75, 3.05) is 18.8 Å². The summed E-state index contributed by atoms with van der Waals surface area (Å²) in [5, 5.41) is 2.40. The number of nitrogens with two attached hydrogens (primary N) is 1. The summed E-state index contributed by atoms with van der Waals surface area (Å²) in [5.74, 6) is -0.422. The normalized spacial score (nSPS) is 17.5. The van der Waals surface area contributed by atoms with Crippen LogP contribution in [0, 0.1) is 0 Å². The van der Waals surface area contributed by atoms with E-state index in [2.05, 4.69) is 21.2 Å². The van der Waals surface area contributed by atoms with E-state index < -0.39 is 5.54 Å². The van der Waals surface area contributed by atoms with E-state index in [0.717, 1.165) is 21.1 Å². The van der Waals surface area contributed by atoms with Crippen molar-refractivity contribution >= 4 is 44.7 Å². The maximum absolute atomic E-state index is 12.2. The fourth-order valence-corrected chi connectivity index (χ4v) is 3.01. The van der Waals surface area contributed by atoms with Gasteiger partial charge in [-0.15, -0.1) is 0 Å². The van der Waals surface area contributed by atoms with Crippen LogP contribution in [-0.4, -0.2) is 40.8 Å². The molecule has 0 bridgehead atoms. The maximum Gasteiger partial charge on any atom is 0.288 e. The van der Waals surface area contributed by atoms with E-state index in [-0.39, 0.29) is 35.9 Å². The van der Waals surface area contributed by atoms with Crippen LogP contribution in [0.15, 0.2) is 28.7 Å². The number of rotatable bonds is 5. The minimum Gasteiger partial charge on any atom is -0.352 e. The van der Waals surface area contributed by atoms with Gasteiger partial charge in [-0.05, 0) is 24.6 Å². The molecule has 2 rings (SSSR count). The zero-order valence-corrected chi connectivity index (χ0v) is 14.4. The molecule has 0 saturated carbocycles. The van der Waals surface area contributed by atoms with Crippen LogP contribution in [-0.2, 0) is 15.1 Å². The van der Waals surface area contributed by atoms with E-state index >= 15 is 0 Å². The van der Waals surface area contributed by atoms with Crippen LogP contribution in [0.3, 0.4) is 0 Å². The van der Waals surface area contributed by atoms with Gasteiger partial charge in [-0.3, -0.25) is 19.3 Å². The fraction of sp³-hybridized carbons (Fsp3) is 0.357. The first-order valence-electron chi connectivity index (χ1n) is 6.62. The maximum atomic E-state index is 12.2. The van der Waals surface area contributed by atoms with Gasteiger partial charge < -0.3 is 11.1 Å². The van der Waals surface area contributed by atoms with Crippen LogP contribution >= 0.6 is 27.7 Å². The van der Waals surface area contributed by atoms with Gasteiger partial charge in [0.05, 0.1) is 5.75 Å². The Morgan fingerprint density at radius 1 is 1.41 bits per heavy atom. The molecule has 22 heavy (non-hydrogen) atoms. The number of nitrogens with zero attached hydrogens (tertiary/aromatic N) is 1. The molecule has 1 aliphatic rings. The van der Waals surface area contributed by atoms with Crippen LogP contribution in [0.1, 0.15) is 12.5 Å². The van der Waals surface area contributed by atoms with Crippen molar-refractivity contribution in [3.8, 4) is 0 Å². The number of carbonyl (C=O) groups is 3. The molecule has 0 radical (unpaired) electrons. The number of hydrogen-bond donors (Lipinski definition) is 2. The largest absolute Gasteiger partial charge is 0.352 e. The summed E-state index contributed by atoms with van der Waals surface area (Å²) in [6.07, 6.45) is 0. The van der Waals surface area contributed by atoms with Crippen LogP contribution < -0.4 is 11.1 Å². The standard InChI is InChI=1S/C14H16BrN3O3S/c1-14(16,9-2-4-10(15)5-3-9)12(20)17-6-7-18-11(19)8-22-13(18)21/h2-5H,6-8,16H2,1H3,(H,17,20). The molecule has 118 valence electrons. The third-order valence-corrected chi connectivity index (χ3v) is 4.76. The third kappa shape index (κ3) is 3.68. The van der Waals surface area contributed by atoms with Crippen LogP contribution in [0.4, 0.5) is 4.79 Å². The fourth-order valence-electron chi connectivity index (χ4n) is 1.99. The Morgan fingerprint density at radius 2 is 2.05 bits per heavy atom. The van der Waals surface area contributed by atoms with Crippen molar-refractivity contribution in [1.82, 2.24) is 10.2 Å². The second kappa shape index (κ2) is 6.80. The number of nitrogens with one attached hydrogen (secondary N) is 1. The van der Waals surface area contributed by atoms with E-state index in [1.807, 2.05) is 12.1 Å². The molecule has 1 aliphatic heterocycles. The number of imide groups is 1. The predicted molar refractivity (Wildman–Crippen MR) is 88.3 cm³/mol. The molecular formula is C14H16BrN3O3S. The van der Waals surface area contributed by atoms with Crippen molar-refractivity contribution in [3.63, 3.8) is 0 Å². The first-order valence-corrected chi connectivity index (χ1v) is 8.40. The number of halogens is 1. The van der Waals surface area contributed by atoms with Gasteiger partial charge in [-0.1, -0.05) is 39.8 Å². The highest BCUT2D eigenvalue weighted by molar-refractivity contribution is 9.10. The molecule has 1 fully saturated rings. The molecule has 3 N–H and O–H groups in total. The summed E-state index contributed by atoms with van der Waals surface area (Å²) < 4.78 is 0.899. The molecule has 1 aromatic rings. The van der Waals surface area contributed by atoms with Crippen LogP contribution in [0.25, 0.3) is 0 Å². The number of benzene rings is 1. The molecule has 0 spiro atoms. The predicted octanol–water partition coefficient (Wildman–Crippen LogP) is 1.43. The summed E-state index contributed by atoms with van der Waals surface area (Å²) in [6.45, 7) is 1.96. The summed E-state index contributed by atoms with van der Waals surface area (Å²) in [6, 6.07) is 7.17. The quantitative estimate of drug-likeness (QED) is 0.799. The first-order chi connectivity index (χ1) is 10.3. The van der Waals surface area contributed by atoms with Crippen molar-refractivity contribution in [1.29, 1.82) is 0 Å².